The third-order valence-corrected chi connectivity index (χ3v) is 3.83. The summed E-state index contributed by atoms with van der Waals surface area (Å²) in [7, 11) is 0. The Labute approximate surface area is 125 Å². The molecule has 0 amide bonds. The molecule has 0 fully saturated rings. The van der Waals surface area contributed by atoms with Gasteiger partial charge in [-0.2, -0.15) is 0 Å². The number of fused-ring (bicyclic) bond motifs is 1. The lowest BCUT2D eigenvalue weighted by molar-refractivity contribution is 0.526. The summed E-state index contributed by atoms with van der Waals surface area (Å²) in [4.78, 5) is 0. The minimum atomic E-state index is 0.141. The molecule has 0 aliphatic heterocycles. The first-order valence-electron chi connectivity index (χ1n) is 7.48. The first-order valence-corrected chi connectivity index (χ1v) is 7.48. The Bertz CT molecular complexity index is 692. The number of benzene rings is 2. The number of para-hydroxylation sites is 1. The van der Waals surface area contributed by atoms with E-state index in [1.165, 1.54) is 5.56 Å². The second-order valence-electron chi connectivity index (χ2n) is 5.83. The Hall–Kier alpha value is -2.22. The molecule has 0 saturated carbocycles. The largest absolute Gasteiger partial charge is 0.459 e. The van der Waals surface area contributed by atoms with Crippen molar-refractivity contribution in [3.63, 3.8) is 0 Å². The topological polar surface area (TPSA) is 25.2 Å². The number of hydrogen-bond acceptors (Lipinski definition) is 2. The van der Waals surface area contributed by atoms with E-state index >= 15 is 0 Å². The van der Waals surface area contributed by atoms with Gasteiger partial charge in [0.1, 0.15) is 11.3 Å². The SMILES string of the molecule is CC(C)c1ccc(NC(C)c2cc3ccccc3o2)cc1. The molecule has 1 N–H and O–H groups in total. The summed E-state index contributed by atoms with van der Waals surface area (Å²) in [5.74, 6) is 1.52. The van der Waals surface area contributed by atoms with Crippen molar-refractivity contribution in [2.45, 2.75) is 32.7 Å². The Morgan fingerprint density at radius 3 is 2.29 bits per heavy atom. The average Bonchev–Trinajstić information content (AvgIpc) is 2.92. The van der Waals surface area contributed by atoms with E-state index in [-0.39, 0.29) is 6.04 Å². The Balaban J connectivity index is 1.77. The van der Waals surface area contributed by atoms with Gasteiger partial charge in [-0.1, -0.05) is 44.2 Å². The lowest BCUT2D eigenvalue weighted by atomic mass is 10.0. The second kappa shape index (κ2) is 5.65. The van der Waals surface area contributed by atoms with Crippen molar-refractivity contribution >= 4 is 16.7 Å². The second-order valence-corrected chi connectivity index (χ2v) is 5.83. The summed E-state index contributed by atoms with van der Waals surface area (Å²) in [6, 6.07) is 19.0. The van der Waals surface area contributed by atoms with E-state index < -0.39 is 0 Å². The summed E-state index contributed by atoms with van der Waals surface area (Å²) in [6.07, 6.45) is 0. The molecule has 2 aromatic carbocycles. The highest BCUT2D eigenvalue weighted by molar-refractivity contribution is 5.77. The highest BCUT2D eigenvalue weighted by atomic mass is 16.3. The first kappa shape index (κ1) is 13.7. The van der Waals surface area contributed by atoms with Crippen molar-refractivity contribution in [3.05, 3.63) is 65.9 Å². The number of hydrogen-bond donors (Lipinski definition) is 1. The van der Waals surface area contributed by atoms with Crippen LogP contribution < -0.4 is 5.32 Å². The fourth-order valence-corrected chi connectivity index (χ4v) is 2.50. The molecule has 1 atom stereocenters. The van der Waals surface area contributed by atoms with Crippen molar-refractivity contribution in [1.29, 1.82) is 0 Å². The van der Waals surface area contributed by atoms with E-state index in [1.54, 1.807) is 0 Å². The van der Waals surface area contributed by atoms with E-state index in [1.807, 2.05) is 18.2 Å². The molecule has 0 aliphatic rings. The van der Waals surface area contributed by atoms with Gasteiger partial charge in [0.05, 0.1) is 6.04 Å². The van der Waals surface area contributed by atoms with Gasteiger partial charge in [0.2, 0.25) is 0 Å². The van der Waals surface area contributed by atoms with Gasteiger partial charge in [-0.3, -0.25) is 0 Å². The number of anilines is 1. The van der Waals surface area contributed by atoms with Gasteiger partial charge in [-0.05, 0) is 42.7 Å². The quantitative estimate of drug-likeness (QED) is 0.659. The van der Waals surface area contributed by atoms with Gasteiger partial charge in [0.15, 0.2) is 0 Å². The summed E-state index contributed by atoms with van der Waals surface area (Å²) in [5, 5.41) is 4.64. The Kier molecular flexibility index (Phi) is 3.70. The van der Waals surface area contributed by atoms with Crippen LogP contribution in [-0.4, -0.2) is 0 Å². The lowest BCUT2D eigenvalue weighted by Crippen LogP contribution is -2.05. The molecule has 1 aromatic heterocycles. The lowest BCUT2D eigenvalue weighted by Gasteiger charge is -2.14. The molecule has 3 aromatic rings. The molecule has 108 valence electrons. The van der Waals surface area contributed by atoms with Crippen LogP contribution in [0.15, 0.2) is 59.0 Å². The monoisotopic (exact) mass is 279 g/mol. The van der Waals surface area contributed by atoms with Gasteiger partial charge >= 0.3 is 0 Å². The number of furan rings is 1. The molecule has 0 bridgehead atoms. The minimum Gasteiger partial charge on any atom is -0.459 e. The summed E-state index contributed by atoms with van der Waals surface area (Å²) < 4.78 is 5.90. The molecule has 0 aliphatic carbocycles. The van der Waals surface area contributed by atoms with E-state index in [9.17, 15) is 0 Å². The minimum absolute atomic E-state index is 0.141. The van der Waals surface area contributed by atoms with Gasteiger partial charge < -0.3 is 9.73 Å². The zero-order valence-electron chi connectivity index (χ0n) is 12.8. The van der Waals surface area contributed by atoms with Crippen LogP contribution in [0.2, 0.25) is 0 Å². The molecular weight excluding hydrogens is 258 g/mol. The highest BCUT2D eigenvalue weighted by Crippen LogP contribution is 2.26. The van der Waals surface area contributed by atoms with Crippen molar-refractivity contribution in [3.8, 4) is 0 Å². The maximum Gasteiger partial charge on any atom is 0.134 e. The smallest absolute Gasteiger partial charge is 0.134 e. The van der Waals surface area contributed by atoms with Crippen molar-refractivity contribution in [2.24, 2.45) is 0 Å². The molecule has 0 radical (unpaired) electrons. The van der Waals surface area contributed by atoms with E-state index in [4.69, 9.17) is 4.42 Å². The van der Waals surface area contributed by atoms with E-state index in [2.05, 4.69) is 62.5 Å². The molecule has 1 heterocycles. The van der Waals surface area contributed by atoms with Crippen LogP contribution in [0.4, 0.5) is 5.69 Å². The van der Waals surface area contributed by atoms with Crippen molar-refractivity contribution < 1.29 is 4.42 Å². The van der Waals surface area contributed by atoms with E-state index in [0.29, 0.717) is 5.92 Å². The van der Waals surface area contributed by atoms with Crippen LogP contribution in [0.5, 0.6) is 0 Å². The van der Waals surface area contributed by atoms with Gasteiger partial charge in [0.25, 0.3) is 0 Å². The molecule has 0 saturated heterocycles. The highest BCUT2D eigenvalue weighted by Gasteiger charge is 2.11. The maximum absolute atomic E-state index is 5.90. The number of rotatable bonds is 4. The van der Waals surface area contributed by atoms with Crippen LogP contribution >= 0.6 is 0 Å². The Morgan fingerprint density at radius 2 is 1.62 bits per heavy atom. The average molecular weight is 279 g/mol. The number of nitrogens with one attached hydrogen (secondary N) is 1. The predicted octanol–water partition coefficient (Wildman–Crippen LogP) is 5.73. The van der Waals surface area contributed by atoms with Crippen LogP contribution in [-0.2, 0) is 0 Å². The molecule has 21 heavy (non-hydrogen) atoms. The molecule has 2 nitrogen and oxygen atoms in total. The fraction of sp³-hybridized carbons (Fsp3) is 0.263. The van der Waals surface area contributed by atoms with Crippen LogP contribution in [0.25, 0.3) is 11.0 Å². The molecule has 3 rings (SSSR count). The first-order chi connectivity index (χ1) is 10.1. The van der Waals surface area contributed by atoms with Gasteiger partial charge in [-0.15, -0.1) is 0 Å². The molecule has 0 spiro atoms. The van der Waals surface area contributed by atoms with Crippen LogP contribution in [0.3, 0.4) is 0 Å². The van der Waals surface area contributed by atoms with Crippen LogP contribution in [0.1, 0.15) is 44.1 Å². The third kappa shape index (κ3) is 2.94. The van der Waals surface area contributed by atoms with Gasteiger partial charge in [-0.25, -0.2) is 0 Å². The molecule has 1 unspecified atom stereocenters. The van der Waals surface area contributed by atoms with E-state index in [0.717, 1.165) is 22.4 Å². The summed E-state index contributed by atoms with van der Waals surface area (Å²) in [5.41, 5.74) is 3.42. The Morgan fingerprint density at radius 1 is 0.905 bits per heavy atom. The zero-order valence-corrected chi connectivity index (χ0v) is 12.8. The van der Waals surface area contributed by atoms with Crippen molar-refractivity contribution in [2.75, 3.05) is 5.32 Å². The standard InChI is InChI=1S/C19H21NO/c1-13(2)15-8-10-17(11-9-15)20-14(3)19-12-16-6-4-5-7-18(16)21-19/h4-14,20H,1-3H3. The zero-order chi connectivity index (χ0) is 14.8. The summed E-state index contributed by atoms with van der Waals surface area (Å²) >= 11 is 0. The van der Waals surface area contributed by atoms with Crippen molar-refractivity contribution in [1.82, 2.24) is 0 Å². The maximum atomic E-state index is 5.90. The predicted molar refractivity (Wildman–Crippen MR) is 88.8 cm³/mol. The molecule has 2 heteroatoms. The summed E-state index contributed by atoms with van der Waals surface area (Å²) in [6.45, 7) is 6.53. The van der Waals surface area contributed by atoms with Crippen LogP contribution in [0, 0.1) is 0 Å². The fourth-order valence-electron chi connectivity index (χ4n) is 2.50. The van der Waals surface area contributed by atoms with Gasteiger partial charge in [0, 0.05) is 11.1 Å². The third-order valence-electron chi connectivity index (χ3n) is 3.83. The normalized spacial score (nSPS) is 12.8. The molecular formula is C19H21NO.